The molecular weight excluding hydrogens is 532 g/mol. The average Bonchev–Trinajstić information content (AvgIpc) is 3.07. The van der Waals surface area contributed by atoms with Gasteiger partial charge in [-0.3, -0.25) is 4.98 Å². The van der Waals surface area contributed by atoms with Crippen molar-refractivity contribution in [2.24, 2.45) is 0 Å². The normalized spacial score (nSPS) is 11.6. The van der Waals surface area contributed by atoms with Crippen LogP contribution in [0.1, 0.15) is 57.3 Å². The number of fused-ring (bicyclic) bond motifs is 3. The third-order valence-corrected chi connectivity index (χ3v) is 7.53. The first-order chi connectivity index (χ1) is 21.7. The maximum absolute atomic E-state index is 5.37. The van der Waals surface area contributed by atoms with Crippen LogP contribution < -0.4 is 5.32 Å². The fourth-order valence-electron chi connectivity index (χ4n) is 5.80. The molecule has 0 aliphatic rings. The maximum Gasteiger partial charge on any atom is 0.0949 e. The van der Waals surface area contributed by atoms with E-state index in [1.807, 2.05) is 6.92 Å². The summed E-state index contributed by atoms with van der Waals surface area (Å²) in [5.41, 5.74) is 5.75. The number of terminal acetylenes is 1. The van der Waals surface area contributed by atoms with Crippen molar-refractivity contribution >= 4 is 32.3 Å². The minimum absolute atomic E-state index is 0.0970. The Balaban J connectivity index is 0.000000834. The first-order valence-electron chi connectivity index (χ1n) is 15.4. The maximum atomic E-state index is 5.37. The lowest BCUT2D eigenvalue weighted by atomic mass is 9.90. The summed E-state index contributed by atoms with van der Waals surface area (Å²) < 4.78 is 0. The van der Waals surface area contributed by atoms with Crippen molar-refractivity contribution < 1.29 is 0 Å². The fraction of sp³-hybridized carbons (Fsp3) is 0.167. The molecule has 44 heavy (non-hydrogen) atoms. The van der Waals surface area contributed by atoms with Crippen molar-refractivity contribution in [3.05, 3.63) is 151 Å². The molecule has 2 heteroatoms. The lowest BCUT2D eigenvalue weighted by Crippen LogP contribution is -2.24. The van der Waals surface area contributed by atoms with Crippen LogP contribution in [0.15, 0.2) is 140 Å². The smallest absolute Gasteiger partial charge is 0.0949 e. The minimum atomic E-state index is -0.0970. The summed E-state index contributed by atoms with van der Waals surface area (Å²) in [6.07, 6.45) is 15.2. The van der Waals surface area contributed by atoms with E-state index in [1.54, 1.807) is 6.08 Å². The monoisotopic (exact) mass is 574 g/mol. The number of hydrogen-bond donors (Lipinski definition) is 1. The first kappa shape index (κ1) is 31.8. The van der Waals surface area contributed by atoms with E-state index in [-0.39, 0.29) is 6.04 Å². The van der Waals surface area contributed by atoms with Crippen LogP contribution >= 0.6 is 0 Å². The van der Waals surface area contributed by atoms with Gasteiger partial charge in [0.2, 0.25) is 0 Å². The molecule has 2 nitrogen and oxygen atoms in total. The van der Waals surface area contributed by atoms with Gasteiger partial charge in [-0.05, 0) is 75.8 Å². The number of nitrogens with zero attached hydrogens (tertiary/aromatic N) is 1. The summed E-state index contributed by atoms with van der Waals surface area (Å²) in [5.74, 6) is 0. The Kier molecular flexibility index (Phi) is 11.5. The molecular formula is C42H42N2. The molecule has 6 aromatic rings. The highest BCUT2D eigenvalue weighted by atomic mass is 15.0. The van der Waals surface area contributed by atoms with Crippen molar-refractivity contribution in [2.75, 3.05) is 0 Å². The lowest BCUT2D eigenvalue weighted by molar-refractivity contribution is 0.643. The van der Waals surface area contributed by atoms with Crippen LogP contribution in [0.4, 0.5) is 0 Å². The Hall–Kier alpha value is -5.13. The molecule has 220 valence electrons. The summed E-state index contributed by atoms with van der Waals surface area (Å²) in [4.78, 5) is 5.37. The van der Waals surface area contributed by atoms with Gasteiger partial charge in [0, 0.05) is 11.3 Å². The van der Waals surface area contributed by atoms with Crippen molar-refractivity contribution in [3.8, 4) is 24.1 Å². The number of allylic oxidation sites excluding steroid dienone is 3. The molecule has 0 aliphatic heterocycles. The van der Waals surface area contributed by atoms with E-state index in [9.17, 15) is 0 Å². The third-order valence-electron chi connectivity index (χ3n) is 7.53. The van der Waals surface area contributed by atoms with Gasteiger partial charge >= 0.3 is 0 Å². The predicted octanol–water partition coefficient (Wildman–Crippen LogP) is 11.4. The topological polar surface area (TPSA) is 24.9 Å². The Morgan fingerprint density at radius 3 is 1.91 bits per heavy atom. The zero-order chi connectivity index (χ0) is 31.3. The standard InChI is InChI=1S/C37H34N2.C3H6.C2H2/c1-3-13-29(14-4-2)38-37(36-31-20-9-6-16-27(31)25-28-17-7-10-21-32(28)36)35-24-12-23-34(39-35)33-22-11-18-26-15-5-8-19-30(26)33;1-3-2;1-2/h5-13,15-25,37-38H,3-4,14H2,1-2H3;3H,1H2,2H3;1-2H/b29-13-;;. The summed E-state index contributed by atoms with van der Waals surface area (Å²) >= 11 is 0. The molecule has 0 amide bonds. The molecule has 5 aromatic carbocycles. The molecule has 0 aliphatic carbocycles. The lowest BCUT2D eigenvalue weighted by Gasteiger charge is -2.26. The van der Waals surface area contributed by atoms with Crippen molar-refractivity contribution in [1.29, 1.82) is 0 Å². The second-order valence-electron chi connectivity index (χ2n) is 10.6. The molecule has 0 radical (unpaired) electrons. The van der Waals surface area contributed by atoms with Gasteiger partial charge in [0.25, 0.3) is 0 Å². The number of benzene rings is 5. The van der Waals surface area contributed by atoms with Crippen molar-refractivity contribution in [3.63, 3.8) is 0 Å². The van der Waals surface area contributed by atoms with Crippen LogP contribution in [-0.4, -0.2) is 4.98 Å². The van der Waals surface area contributed by atoms with Crippen molar-refractivity contribution in [2.45, 2.75) is 46.1 Å². The van der Waals surface area contributed by atoms with Gasteiger partial charge in [0.1, 0.15) is 0 Å². The third kappa shape index (κ3) is 7.08. The molecule has 0 saturated heterocycles. The SMILES string of the molecule is C#C.C=CC.CC/C=C(/CCC)NC(c1cccc(-c2cccc3ccccc23)n1)c1c2ccccc2cc2ccccc12. The molecule has 1 unspecified atom stereocenters. The van der Waals surface area contributed by atoms with E-state index in [0.717, 1.165) is 36.2 Å². The zero-order valence-corrected chi connectivity index (χ0v) is 26.1. The summed E-state index contributed by atoms with van der Waals surface area (Å²) in [6, 6.07) is 41.2. The van der Waals surface area contributed by atoms with Crippen LogP contribution in [0.5, 0.6) is 0 Å². The highest BCUT2D eigenvalue weighted by Crippen LogP contribution is 2.37. The Bertz CT molecular complexity index is 1830. The van der Waals surface area contributed by atoms with Gasteiger partial charge in [-0.2, -0.15) is 0 Å². The average molecular weight is 575 g/mol. The van der Waals surface area contributed by atoms with Gasteiger partial charge < -0.3 is 5.32 Å². The van der Waals surface area contributed by atoms with Gasteiger partial charge in [0.05, 0.1) is 17.4 Å². The second-order valence-corrected chi connectivity index (χ2v) is 10.6. The van der Waals surface area contributed by atoms with E-state index >= 15 is 0 Å². The van der Waals surface area contributed by atoms with Gasteiger partial charge in [-0.1, -0.05) is 129 Å². The van der Waals surface area contributed by atoms with Gasteiger partial charge in [-0.25, -0.2) is 0 Å². The van der Waals surface area contributed by atoms with Crippen LogP contribution in [-0.2, 0) is 0 Å². The van der Waals surface area contributed by atoms with Crippen LogP contribution in [0.3, 0.4) is 0 Å². The number of aromatic nitrogens is 1. The van der Waals surface area contributed by atoms with Crippen LogP contribution in [0.25, 0.3) is 43.6 Å². The van der Waals surface area contributed by atoms with Gasteiger partial charge in [-0.15, -0.1) is 19.4 Å². The highest BCUT2D eigenvalue weighted by molar-refractivity contribution is 6.03. The summed E-state index contributed by atoms with van der Waals surface area (Å²) in [6.45, 7) is 9.70. The predicted molar refractivity (Wildman–Crippen MR) is 193 cm³/mol. The fourth-order valence-corrected chi connectivity index (χ4v) is 5.80. The molecule has 1 heterocycles. The molecule has 0 saturated carbocycles. The van der Waals surface area contributed by atoms with E-state index in [2.05, 4.69) is 160 Å². The van der Waals surface area contributed by atoms with Gasteiger partial charge in [0.15, 0.2) is 0 Å². The number of pyridine rings is 1. The second kappa shape index (κ2) is 15.9. The first-order valence-corrected chi connectivity index (χ1v) is 15.4. The number of nitrogens with one attached hydrogen (secondary N) is 1. The number of rotatable bonds is 8. The molecule has 1 aromatic heterocycles. The van der Waals surface area contributed by atoms with Crippen LogP contribution in [0.2, 0.25) is 0 Å². The summed E-state index contributed by atoms with van der Waals surface area (Å²) in [7, 11) is 0. The van der Waals surface area contributed by atoms with E-state index < -0.39 is 0 Å². The van der Waals surface area contributed by atoms with E-state index in [1.165, 1.54) is 43.6 Å². The molecule has 1 N–H and O–H groups in total. The Morgan fingerprint density at radius 1 is 0.750 bits per heavy atom. The van der Waals surface area contributed by atoms with E-state index in [0.29, 0.717) is 0 Å². The van der Waals surface area contributed by atoms with E-state index in [4.69, 9.17) is 4.98 Å². The minimum Gasteiger partial charge on any atom is -0.376 e. The molecule has 6 rings (SSSR count). The summed E-state index contributed by atoms with van der Waals surface area (Å²) in [5, 5.41) is 11.5. The largest absolute Gasteiger partial charge is 0.376 e. The Morgan fingerprint density at radius 2 is 1.30 bits per heavy atom. The zero-order valence-electron chi connectivity index (χ0n) is 26.1. The quantitative estimate of drug-likeness (QED) is 0.111. The Labute approximate surface area is 263 Å². The highest BCUT2D eigenvalue weighted by Gasteiger charge is 2.22. The van der Waals surface area contributed by atoms with Crippen LogP contribution in [0, 0.1) is 12.8 Å². The molecule has 0 bridgehead atoms. The molecule has 1 atom stereocenters. The molecule has 0 fully saturated rings. The number of hydrogen-bond acceptors (Lipinski definition) is 2. The molecule has 0 spiro atoms. The van der Waals surface area contributed by atoms with Crippen molar-refractivity contribution in [1.82, 2.24) is 10.3 Å².